The average molecular weight is 437 g/mol. The number of carbonyl (C=O) groups is 3. The third kappa shape index (κ3) is 5.66. The summed E-state index contributed by atoms with van der Waals surface area (Å²) < 4.78 is 0. The van der Waals surface area contributed by atoms with Crippen LogP contribution in [0.3, 0.4) is 0 Å². The largest absolute Gasteiger partial charge is 0.337 e. The number of urea groups is 1. The van der Waals surface area contributed by atoms with Crippen molar-refractivity contribution < 1.29 is 14.4 Å². The summed E-state index contributed by atoms with van der Waals surface area (Å²) in [6.07, 6.45) is 0. The zero-order valence-corrected chi connectivity index (χ0v) is 19.2. The predicted octanol–water partition coefficient (Wildman–Crippen LogP) is 3.51. The highest BCUT2D eigenvalue weighted by atomic mass is 16.2. The SMILES string of the molecule is Cc1cccc(NC(=O)NC(C(=O)N2CCN(C(=O)c3ccccc3)C(C)C2)C(C)C)c1. The molecule has 170 valence electrons. The van der Waals surface area contributed by atoms with Crippen LogP contribution in [-0.2, 0) is 4.79 Å². The molecule has 32 heavy (non-hydrogen) atoms. The first-order valence-corrected chi connectivity index (χ1v) is 11.0. The number of rotatable bonds is 5. The molecular formula is C25H32N4O3. The van der Waals surface area contributed by atoms with E-state index in [1.54, 1.807) is 21.9 Å². The molecule has 2 N–H and O–H groups in total. The molecule has 1 aliphatic rings. The van der Waals surface area contributed by atoms with Crippen molar-refractivity contribution in [3.05, 3.63) is 65.7 Å². The lowest BCUT2D eigenvalue weighted by molar-refractivity contribution is -0.136. The highest BCUT2D eigenvalue weighted by molar-refractivity contribution is 5.95. The van der Waals surface area contributed by atoms with Crippen LogP contribution in [-0.4, -0.2) is 59.4 Å². The molecule has 0 saturated carbocycles. The summed E-state index contributed by atoms with van der Waals surface area (Å²) in [5, 5.41) is 5.64. The maximum Gasteiger partial charge on any atom is 0.319 e. The van der Waals surface area contributed by atoms with Gasteiger partial charge in [0.1, 0.15) is 6.04 Å². The van der Waals surface area contributed by atoms with Crippen LogP contribution in [0.2, 0.25) is 0 Å². The number of benzene rings is 2. The van der Waals surface area contributed by atoms with Gasteiger partial charge in [-0.25, -0.2) is 4.79 Å². The number of nitrogens with one attached hydrogen (secondary N) is 2. The molecule has 3 rings (SSSR count). The van der Waals surface area contributed by atoms with Crippen LogP contribution in [0.5, 0.6) is 0 Å². The molecule has 4 amide bonds. The maximum absolute atomic E-state index is 13.3. The zero-order chi connectivity index (χ0) is 23.3. The zero-order valence-electron chi connectivity index (χ0n) is 19.2. The highest BCUT2D eigenvalue weighted by Crippen LogP contribution is 2.17. The summed E-state index contributed by atoms with van der Waals surface area (Å²) in [7, 11) is 0. The summed E-state index contributed by atoms with van der Waals surface area (Å²) in [6.45, 7) is 9.05. The Bertz CT molecular complexity index is 961. The Hall–Kier alpha value is -3.35. The monoisotopic (exact) mass is 436 g/mol. The summed E-state index contributed by atoms with van der Waals surface area (Å²) >= 11 is 0. The fraction of sp³-hybridized carbons (Fsp3) is 0.400. The van der Waals surface area contributed by atoms with Crippen molar-refractivity contribution in [1.29, 1.82) is 0 Å². The van der Waals surface area contributed by atoms with Gasteiger partial charge in [0, 0.05) is 36.9 Å². The van der Waals surface area contributed by atoms with Gasteiger partial charge in [0.05, 0.1) is 0 Å². The van der Waals surface area contributed by atoms with Gasteiger partial charge in [-0.2, -0.15) is 0 Å². The Kier molecular flexibility index (Phi) is 7.51. The summed E-state index contributed by atoms with van der Waals surface area (Å²) in [5.74, 6) is -0.232. The van der Waals surface area contributed by atoms with Gasteiger partial charge in [-0.15, -0.1) is 0 Å². The molecule has 0 radical (unpaired) electrons. The molecule has 1 aliphatic heterocycles. The van der Waals surface area contributed by atoms with E-state index in [2.05, 4.69) is 10.6 Å². The lowest BCUT2D eigenvalue weighted by atomic mass is 10.0. The second-order valence-corrected chi connectivity index (χ2v) is 8.69. The van der Waals surface area contributed by atoms with Crippen LogP contribution in [0.4, 0.5) is 10.5 Å². The van der Waals surface area contributed by atoms with Gasteiger partial charge >= 0.3 is 6.03 Å². The van der Waals surface area contributed by atoms with E-state index in [0.29, 0.717) is 30.9 Å². The number of carbonyl (C=O) groups excluding carboxylic acids is 3. The predicted molar refractivity (Wildman–Crippen MR) is 125 cm³/mol. The highest BCUT2D eigenvalue weighted by Gasteiger charge is 2.34. The first kappa shape index (κ1) is 23.3. The van der Waals surface area contributed by atoms with Crippen molar-refractivity contribution in [1.82, 2.24) is 15.1 Å². The second kappa shape index (κ2) is 10.3. The van der Waals surface area contributed by atoms with Crippen molar-refractivity contribution >= 4 is 23.5 Å². The first-order valence-electron chi connectivity index (χ1n) is 11.0. The molecule has 0 bridgehead atoms. The number of hydrogen-bond acceptors (Lipinski definition) is 3. The minimum atomic E-state index is -0.650. The topological polar surface area (TPSA) is 81.8 Å². The average Bonchev–Trinajstić information content (AvgIpc) is 2.77. The van der Waals surface area contributed by atoms with Crippen molar-refractivity contribution in [2.75, 3.05) is 25.0 Å². The van der Waals surface area contributed by atoms with Crippen molar-refractivity contribution in [3.8, 4) is 0 Å². The summed E-state index contributed by atoms with van der Waals surface area (Å²) in [6, 6.07) is 15.5. The van der Waals surface area contributed by atoms with Crippen LogP contribution >= 0.6 is 0 Å². The third-order valence-electron chi connectivity index (χ3n) is 5.72. The fourth-order valence-electron chi connectivity index (χ4n) is 3.95. The number of amides is 4. The molecule has 2 atom stereocenters. The first-order chi connectivity index (χ1) is 15.3. The van der Waals surface area contributed by atoms with Gasteiger partial charge in [0.2, 0.25) is 5.91 Å². The molecule has 1 saturated heterocycles. The molecule has 2 aromatic carbocycles. The van der Waals surface area contributed by atoms with E-state index in [9.17, 15) is 14.4 Å². The molecule has 0 aromatic heterocycles. The molecule has 7 nitrogen and oxygen atoms in total. The Labute approximate surface area is 189 Å². The number of aryl methyl sites for hydroxylation is 1. The van der Waals surface area contributed by atoms with Gasteiger partial charge in [-0.3, -0.25) is 9.59 Å². The smallest absolute Gasteiger partial charge is 0.319 e. The Balaban J connectivity index is 1.61. The molecule has 2 unspecified atom stereocenters. The molecule has 1 fully saturated rings. The van der Waals surface area contributed by atoms with E-state index in [1.165, 1.54) is 0 Å². The minimum Gasteiger partial charge on any atom is -0.337 e. The Morgan fingerprint density at radius 3 is 2.34 bits per heavy atom. The van der Waals surface area contributed by atoms with E-state index >= 15 is 0 Å². The van der Waals surface area contributed by atoms with Gasteiger partial charge in [-0.1, -0.05) is 44.2 Å². The van der Waals surface area contributed by atoms with Crippen LogP contribution < -0.4 is 10.6 Å². The number of piperazine rings is 1. The van der Waals surface area contributed by atoms with E-state index in [0.717, 1.165) is 5.56 Å². The van der Waals surface area contributed by atoms with E-state index in [-0.39, 0.29) is 23.8 Å². The van der Waals surface area contributed by atoms with Gasteiger partial charge in [0.25, 0.3) is 5.91 Å². The molecule has 0 aliphatic carbocycles. The van der Waals surface area contributed by atoms with Crippen molar-refractivity contribution in [3.63, 3.8) is 0 Å². The van der Waals surface area contributed by atoms with Gasteiger partial charge in [-0.05, 0) is 49.6 Å². The minimum absolute atomic E-state index is 0.0266. The third-order valence-corrected chi connectivity index (χ3v) is 5.72. The standard InChI is InChI=1S/C25H32N4O3/c1-17(2)22(27-25(32)26-21-12-8-9-18(3)15-21)24(31)28-13-14-29(19(4)16-28)23(30)20-10-6-5-7-11-20/h5-12,15,17,19,22H,13-14,16H2,1-4H3,(H2,26,27,32). The lowest BCUT2D eigenvalue weighted by Crippen LogP contribution is -2.60. The number of anilines is 1. The van der Waals surface area contributed by atoms with Gasteiger partial charge in [0.15, 0.2) is 0 Å². The summed E-state index contributed by atoms with van der Waals surface area (Å²) in [5.41, 5.74) is 2.36. The summed E-state index contributed by atoms with van der Waals surface area (Å²) in [4.78, 5) is 42.2. The van der Waals surface area contributed by atoms with Crippen LogP contribution in [0.15, 0.2) is 54.6 Å². The van der Waals surface area contributed by atoms with Crippen LogP contribution in [0.25, 0.3) is 0 Å². The van der Waals surface area contributed by atoms with E-state index in [1.807, 2.05) is 70.2 Å². The van der Waals surface area contributed by atoms with Gasteiger partial charge < -0.3 is 20.4 Å². The quantitative estimate of drug-likeness (QED) is 0.753. The maximum atomic E-state index is 13.3. The Morgan fingerprint density at radius 2 is 1.72 bits per heavy atom. The van der Waals surface area contributed by atoms with Crippen molar-refractivity contribution in [2.45, 2.75) is 39.8 Å². The molecule has 7 heteroatoms. The Morgan fingerprint density at radius 1 is 1.00 bits per heavy atom. The normalized spacial score (nSPS) is 17.1. The van der Waals surface area contributed by atoms with Crippen LogP contribution in [0, 0.1) is 12.8 Å². The fourth-order valence-corrected chi connectivity index (χ4v) is 3.95. The number of hydrogen-bond donors (Lipinski definition) is 2. The molecule has 1 heterocycles. The van der Waals surface area contributed by atoms with E-state index in [4.69, 9.17) is 0 Å². The number of nitrogens with zero attached hydrogens (tertiary/aromatic N) is 2. The molecule has 2 aromatic rings. The van der Waals surface area contributed by atoms with Crippen molar-refractivity contribution in [2.24, 2.45) is 5.92 Å². The molecule has 0 spiro atoms. The lowest BCUT2D eigenvalue weighted by Gasteiger charge is -2.41. The van der Waals surface area contributed by atoms with E-state index < -0.39 is 12.1 Å². The second-order valence-electron chi connectivity index (χ2n) is 8.69. The van der Waals surface area contributed by atoms with Crippen LogP contribution in [0.1, 0.15) is 36.7 Å². The molecular weight excluding hydrogens is 404 g/mol.